The van der Waals surface area contributed by atoms with Gasteiger partial charge in [-0.2, -0.15) is 0 Å². The summed E-state index contributed by atoms with van der Waals surface area (Å²) in [4.78, 5) is 25.2. The maximum Gasteiger partial charge on any atom is 0.320 e. The first-order chi connectivity index (χ1) is 9.65. The lowest BCUT2D eigenvalue weighted by atomic mass is 9.98. The monoisotopic (exact) mass is 270 g/mol. The van der Waals surface area contributed by atoms with Crippen LogP contribution in [0.1, 0.15) is 16.8 Å². The number of amides is 3. The van der Waals surface area contributed by atoms with Crippen molar-refractivity contribution < 1.29 is 9.59 Å². The predicted molar refractivity (Wildman–Crippen MR) is 73.4 cm³/mol. The van der Waals surface area contributed by atoms with Gasteiger partial charge >= 0.3 is 6.03 Å². The zero-order valence-corrected chi connectivity index (χ0v) is 10.7. The lowest BCUT2D eigenvalue weighted by Gasteiger charge is -2.34. The van der Waals surface area contributed by atoms with Crippen molar-refractivity contribution in [1.29, 1.82) is 5.41 Å². The minimum Gasteiger partial charge on any atom is -0.331 e. The topological polar surface area (TPSA) is 85.3 Å². The molecule has 2 aliphatic heterocycles. The Morgan fingerprint density at radius 3 is 2.80 bits per heavy atom. The molecule has 1 aromatic carbocycles. The number of urea groups is 1. The molecule has 102 valence electrons. The third-order valence-electron chi connectivity index (χ3n) is 3.44. The average Bonchev–Trinajstić information content (AvgIpc) is 2.47. The van der Waals surface area contributed by atoms with E-state index >= 15 is 0 Å². The van der Waals surface area contributed by atoms with Crippen molar-refractivity contribution >= 4 is 17.8 Å². The first kappa shape index (κ1) is 12.4. The van der Waals surface area contributed by atoms with Crippen LogP contribution in [0.3, 0.4) is 0 Å². The van der Waals surface area contributed by atoms with Crippen molar-refractivity contribution in [1.82, 2.24) is 15.5 Å². The zero-order chi connectivity index (χ0) is 14.1. The van der Waals surface area contributed by atoms with Crippen molar-refractivity contribution in [3.8, 4) is 0 Å². The molecular formula is C14H14N4O2. The van der Waals surface area contributed by atoms with E-state index in [0.29, 0.717) is 24.1 Å². The molecule has 1 saturated heterocycles. The van der Waals surface area contributed by atoms with Crippen LogP contribution in [0.2, 0.25) is 0 Å². The molecule has 3 amide bonds. The number of benzene rings is 1. The molecule has 1 unspecified atom stereocenters. The van der Waals surface area contributed by atoms with Gasteiger partial charge < -0.3 is 10.2 Å². The second kappa shape index (κ2) is 4.80. The second-order valence-corrected chi connectivity index (χ2v) is 4.76. The highest BCUT2D eigenvalue weighted by molar-refractivity contribution is 6.09. The number of hydrogen-bond donors (Lipinski definition) is 3. The van der Waals surface area contributed by atoms with Crippen LogP contribution < -0.4 is 10.6 Å². The first-order valence-electron chi connectivity index (χ1n) is 6.39. The van der Waals surface area contributed by atoms with Gasteiger partial charge in [-0.05, 0) is 18.6 Å². The van der Waals surface area contributed by atoms with Crippen LogP contribution in [0.15, 0.2) is 42.1 Å². The average molecular weight is 270 g/mol. The summed E-state index contributed by atoms with van der Waals surface area (Å²) in [5, 5.41) is 13.0. The lowest BCUT2D eigenvalue weighted by Crippen LogP contribution is -2.56. The summed E-state index contributed by atoms with van der Waals surface area (Å²) in [6.07, 6.45) is 2.26. The van der Waals surface area contributed by atoms with Gasteiger partial charge in [-0.1, -0.05) is 18.2 Å². The van der Waals surface area contributed by atoms with Crippen molar-refractivity contribution in [2.75, 3.05) is 6.54 Å². The standard InChI is InChI=1S/C14H14N4O2/c15-12-10-8-18(7-6-11(10)16-14(20)17-12)13(19)9-4-2-1-3-5-9/h1-5,8,11H,6-7H2,(H3,15,16,17,20). The summed E-state index contributed by atoms with van der Waals surface area (Å²) in [7, 11) is 0. The number of carbonyl (C=O) groups excluding carboxylic acids is 2. The Hall–Kier alpha value is -2.63. The number of carbonyl (C=O) groups is 2. The number of nitrogens with zero attached hydrogens (tertiary/aromatic N) is 1. The van der Waals surface area contributed by atoms with Crippen LogP contribution in [-0.2, 0) is 0 Å². The summed E-state index contributed by atoms with van der Waals surface area (Å²) in [6.45, 7) is 0.523. The van der Waals surface area contributed by atoms with E-state index in [1.807, 2.05) is 18.2 Å². The smallest absolute Gasteiger partial charge is 0.320 e. The lowest BCUT2D eigenvalue weighted by molar-refractivity contribution is 0.0810. The molecule has 6 heteroatoms. The Kier molecular flexibility index (Phi) is 2.98. The quantitative estimate of drug-likeness (QED) is 0.713. The van der Waals surface area contributed by atoms with Crippen LogP contribution in [-0.4, -0.2) is 35.3 Å². The highest BCUT2D eigenvalue weighted by atomic mass is 16.2. The second-order valence-electron chi connectivity index (χ2n) is 4.76. The Morgan fingerprint density at radius 1 is 1.30 bits per heavy atom. The summed E-state index contributed by atoms with van der Waals surface area (Å²) >= 11 is 0. The fourth-order valence-corrected chi connectivity index (χ4v) is 2.42. The van der Waals surface area contributed by atoms with Gasteiger partial charge in [0.25, 0.3) is 5.91 Å². The molecule has 20 heavy (non-hydrogen) atoms. The summed E-state index contributed by atoms with van der Waals surface area (Å²) in [6, 6.07) is 8.47. The molecule has 1 atom stereocenters. The van der Waals surface area contributed by atoms with Gasteiger partial charge in [-0.15, -0.1) is 0 Å². The molecule has 0 aliphatic carbocycles. The molecule has 2 heterocycles. The number of nitrogens with one attached hydrogen (secondary N) is 3. The van der Waals surface area contributed by atoms with Crippen LogP contribution in [0.25, 0.3) is 0 Å². The van der Waals surface area contributed by atoms with E-state index in [1.165, 1.54) is 0 Å². The van der Waals surface area contributed by atoms with E-state index in [4.69, 9.17) is 5.41 Å². The Morgan fingerprint density at radius 2 is 2.05 bits per heavy atom. The first-order valence-corrected chi connectivity index (χ1v) is 6.39. The van der Waals surface area contributed by atoms with Gasteiger partial charge in [0.05, 0.1) is 6.04 Å². The molecule has 0 saturated carbocycles. The Balaban J connectivity index is 1.85. The molecule has 0 aromatic heterocycles. The van der Waals surface area contributed by atoms with Crippen molar-refractivity contribution in [3.05, 3.63) is 47.7 Å². The molecular weight excluding hydrogens is 256 g/mol. The van der Waals surface area contributed by atoms with Crippen molar-refractivity contribution in [2.45, 2.75) is 12.5 Å². The molecule has 0 bridgehead atoms. The number of hydrogen-bond acceptors (Lipinski definition) is 3. The van der Waals surface area contributed by atoms with E-state index in [9.17, 15) is 9.59 Å². The fourth-order valence-electron chi connectivity index (χ4n) is 2.42. The van der Waals surface area contributed by atoms with Gasteiger partial charge in [0, 0.05) is 23.9 Å². The summed E-state index contributed by atoms with van der Waals surface area (Å²) in [5.41, 5.74) is 1.25. The number of rotatable bonds is 1. The van der Waals surface area contributed by atoms with Crippen molar-refractivity contribution in [3.63, 3.8) is 0 Å². The van der Waals surface area contributed by atoms with Crippen LogP contribution >= 0.6 is 0 Å². The predicted octanol–water partition coefficient (Wildman–Crippen LogP) is 1.08. The van der Waals surface area contributed by atoms with E-state index < -0.39 is 0 Å². The van der Waals surface area contributed by atoms with Gasteiger partial charge in [-0.3, -0.25) is 15.5 Å². The summed E-state index contributed by atoms with van der Waals surface area (Å²) in [5.74, 6) is -0.0365. The maximum absolute atomic E-state index is 12.3. The van der Waals surface area contributed by atoms with Gasteiger partial charge in [0.1, 0.15) is 5.84 Å². The Labute approximate surface area is 116 Å². The molecule has 3 N–H and O–H groups in total. The van der Waals surface area contributed by atoms with Crippen LogP contribution in [0.5, 0.6) is 0 Å². The largest absolute Gasteiger partial charge is 0.331 e. The minimum absolute atomic E-state index is 0.0595. The third-order valence-corrected chi connectivity index (χ3v) is 3.44. The molecule has 0 radical (unpaired) electrons. The van der Waals surface area contributed by atoms with Crippen LogP contribution in [0.4, 0.5) is 4.79 Å². The highest BCUT2D eigenvalue weighted by Gasteiger charge is 2.32. The SMILES string of the molecule is N=C1NC(=O)NC2CCN(C(=O)c3ccccc3)C=C12. The molecule has 2 aliphatic rings. The van der Waals surface area contributed by atoms with Gasteiger partial charge in [-0.25, -0.2) is 4.79 Å². The Bertz CT molecular complexity index is 609. The molecule has 0 spiro atoms. The third kappa shape index (κ3) is 2.16. The van der Waals surface area contributed by atoms with Crippen molar-refractivity contribution in [2.24, 2.45) is 0 Å². The number of amidine groups is 1. The van der Waals surface area contributed by atoms with E-state index in [1.54, 1.807) is 23.2 Å². The van der Waals surface area contributed by atoms with E-state index in [0.717, 1.165) is 0 Å². The highest BCUT2D eigenvalue weighted by Crippen LogP contribution is 2.20. The normalized spacial score (nSPS) is 21.5. The molecule has 3 rings (SSSR count). The van der Waals surface area contributed by atoms with Gasteiger partial charge in [0.15, 0.2) is 0 Å². The summed E-state index contributed by atoms with van der Waals surface area (Å²) < 4.78 is 0. The maximum atomic E-state index is 12.3. The molecule has 6 nitrogen and oxygen atoms in total. The molecule has 1 aromatic rings. The van der Waals surface area contributed by atoms with Crippen LogP contribution in [0, 0.1) is 5.41 Å². The minimum atomic E-state index is -0.361. The number of fused-ring (bicyclic) bond motifs is 1. The molecule has 1 fully saturated rings. The van der Waals surface area contributed by atoms with Gasteiger partial charge in [0.2, 0.25) is 0 Å². The fraction of sp³-hybridized carbons (Fsp3) is 0.214. The van der Waals surface area contributed by atoms with E-state index in [-0.39, 0.29) is 23.8 Å². The van der Waals surface area contributed by atoms with E-state index in [2.05, 4.69) is 10.6 Å². The zero-order valence-electron chi connectivity index (χ0n) is 10.7.